The number of hydrogen-bond donors (Lipinski definition) is 1. The molecule has 0 aromatic heterocycles. The van der Waals surface area contributed by atoms with Gasteiger partial charge in [0.2, 0.25) is 5.82 Å². The molecule has 0 unspecified atom stereocenters. The van der Waals surface area contributed by atoms with Crippen molar-refractivity contribution in [3.05, 3.63) is 39.7 Å². The number of rotatable bonds is 3. The van der Waals surface area contributed by atoms with E-state index in [0.717, 1.165) is 25.7 Å². The Bertz CT molecular complexity index is 442. The van der Waals surface area contributed by atoms with Gasteiger partial charge in [0.15, 0.2) is 0 Å². The molecule has 0 atom stereocenters. The van der Waals surface area contributed by atoms with Crippen LogP contribution in [0.5, 0.6) is 0 Å². The minimum Gasteiger partial charge on any atom is -0.330 e. The maximum atomic E-state index is 14.1. The summed E-state index contributed by atoms with van der Waals surface area (Å²) in [6, 6.07) is 4.35. The van der Waals surface area contributed by atoms with Gasteiger partial charge in [-0.25, -0.2) is 0 Å². The first-order valence-corrected chi connectivity index (χ1v) is 5.74. The van der Waals surface area contributed by atoms with Gasteiger partial charge in [0.05, 0.1) is 4.92 Å². The predicted octanol–water partition coefficient (Wildman–Crippen LogP) is 2.50. The normalized spacial score (nSPS) is 18.2. The molecule has 92 valence electrons. The van der Waals surface area contributed by atoms with Crippen LogP contribution in [0.3, 0.4) is 0 Å². The first-order valence-electron chi connectivity index (χ1n) is 5.74. The molecule has 5 heteroatoms. The van der Waals surface area contributed by atoms with Crippen molar-refractivity contribution in [1.82, 2.24) is 0 Å². The average molecular weight is 238 g/mol. The predicted molar refractivity (Wildman–Crippen MR) is 62.3 cm³/mol. The topological polar surface area (TPSA) is 69.2 Å². The van der Waals surface area contributed by atoms with Crippen LogP contribution in [0.4, 0.5) is 10.1 Å². The summed E-state index contributed by atoms with van der Waals surface area (Å²) in [4.78, 5) is 10.0. The summed E-state index contributed by atoms with van der Waals surface area (Å²) in [5.74, 6) is -0.718. The summed E-state index contributed by atoms with van der Waals surface area (Å²) in [7, 11) is 0. The lowest BCUT2D eigenvalue weighted by molar-refractivity contribution is -0.387. The monoisotopic (exact) mass is 238 g/mol. The Morgan fingerprint density at radius 3 is 2.59 bits per heavy atom. The zero-order valence-corrected chi connectivity index (χ0v) is 9.49. The van der Waals surface area contributed by atoms with Gasteiger partial charge in [0, 0.05) is 23.6 Å². The molecule has 0 radical (unpaired) electrons. The van der Waals surface area contributed by atoms with E-state index in [0.29, 0.717) is 12.1 Å². The molecule has 2 N–H and O–H groups in total. The highest BCUT2D eigenvalue weighted by molar-refractivity contribution is 5.41. The van der Waals surface area contributed by atoms with E-state index >= 15 is 0 Å². The summed E-state index contributed by atoms with van der Waals surface area (Å²) in [6.45, 7) is 0.338. The Morgan fingerprint density at radius 1 is 1.41 bits per heavy atom. The highest BCUT2D eigenvalue weighted by Crippen LogP contribution is 2.42. The Labute approximate surface area is 98.8 Å². The zero-order valence-electron chi connectivity index (χ0n) is 9.49. The third-order valence-electron chi connectivity index (χ3n) is 3.70. The summed E-state index contributed by atoms with van der Waals surface area (Å²) in [5.41, 5.74) is 5.31. The van der Waals surface area contributed by atoms with Crippen molar-refractivity contribution in [2.24, 2.45) is 5.73 Å². The highest BCUT2D eigenvalue weighted by Gasteiger charge is 2.38. The van der Waals surface area contributed by atoms with Gasteiger partial charge in [-0.2, -0.15) is 4.39 Å². The van der Waals surface area contributed by atoms with E-state index in [1.807, 2.05) is 0 Å². The first kappa shape index (κ1) is 12.0. The second-order valence-electron chi connectivity index (χ2n) is 4.59. The van der Waals surface area contributed by atoms with Crippen LogP contribution < -0.4 is 5.73 Å². The van der Waals surface area contributed by atoms with Crippen molar-refractivity contribution in [3.63, 3.8) is 0 Å². The van der Waals surface area contributed by atoms with Crippen LogP contribution in [0.2, 0.25) is 0 Å². The van der Waals surface area contributed by atoms with Crippen LogP contribution >= 0.6 is 0 Å². The molecule has 1 fully saturated rings. The number of nitrogens with two attached hydrogens (primary N) is 1. The maximum absolute atomic E-state index is 14.1. The van der Waals surface area contributed by atoms with Crippen molar-refractivity contribution in [2.45, 2.75) is 31.1 Å². The SMILES string of the molecule is NCC1(c2cccc([N+](=O)[O-])c2F)CCCC1. The van der Waals surface area contributed by atoms with E-state index < -0.39 is 21.8 Å². The number of nitro groups is 1. The molecular formula is C12H15FN2O2. The third-order valence-corrected chi connectivity index (χ3v) is 3.70. The maximum Gasteiger partial charge on any atom is 0.305 e. The Balaban J connectivity index is 2.51. The number of benzene rings is 1. The third kappa shape index (κ3) is 1.91. The molecule has 0 spiro atoms. The van der Waals surface area contributed by atoms with Gasteiger partial charge < -0.3 is 5.73 Å². The zero-order chi connectivity index (χ0) is 12.5. The average Bonchev–Trinajstić information content (AvgIpc) is 2.78. The van der Waals surface area contributed by atoms with Crippen LogP contribution in [0.25, 0.3) is 0 Å². The Morgan fingerprint density at radius 2 is 2.06 bits per heavy atom. The van der Waals surface area contributed by atoms with Gasteiger partial charge in [-0.3, -0.25) is 10.1 Å². The molecule has 1 saturated carbocycles. The molecule has 0 heterocycles. The largest absolute Gasteiger partial charge is 0.330 e. The van der Waals surface area contributed by atoms with Gasteiger partial charge in [-0.15, -0.1) is 0 Å². The molecule has 1 aliphatic carbocycles. The second kappa shape index (κ2) is 4.41. The van der Waals surface area contributed by atoms with Gasteiger partial charge in [-0.05, 0) is 12.8 Å². The standard InChI is InChI=1S/C12H15FN2O2/c13-11-9(4-3-5-10(11)15(16)17)12(8-14)6-1-2-7-12/h3-5H,1-2,6-8,14H2. The van der Waals surface area contributed by atoms with Crippen LogP contribution in [0.1, 0.15) is 31.2 Å². The number of nitrogens with zero attached hydrogens (tertiary/aromatic N) is 1. The molecule has 2 rings (SSSR count). The van der Waals surface area contributed by atoms with Crippen molar-refractivity contribution < 1.29 is 9.31 Å². The van der Waals surface area contributed by atoms with E-state index in [1.54, 1.807) is 6.07 Å². The molecule has 0 aliphatic heterocycles. The fourth-order valence-electron chi connectivity index (χ4n) is 2.71. The molecule has 0 amide bonds. The molecular weight excluding hydrogens is 223 g/mol. The quantitative estimate of drug-likeness (QED) is 0.649. The lowest BCUT2D eigenvalue weighted by Crippen LogP contribution is -2.33. The van der Waals surface area contributed by atoms with Crippen molar-refractivity contribution in [3.8, 4) is 0 Å². The van der Waals surface area contributed by atoms with E-state index in [1.165, 1.54) is 12.1 Å². The Hall–Kier alpha value is -1.49. The fraction of sp³-hybridized carbons (Fsp3) is 0.500. The molecule has 0 saturated heterocycles. The Kier molecular flexibility index (Phi) is 3.11. The van der Waals surface area contributed by atoms with E-state index in [4.69, 9.17) is 5.73 Å². The summed E-state index contributed by atoms with van der Waals surface area (Å²) in [6.07, 6.45) is 3.61. The van der Waals surface area contributed by atoms with E-state index in [9.17, 15) is 14.5 Å². The van der Waals surface area contributed by atoms with Gasteiger partial charge in [-0.1, -0.05) is 25.0 Å². The summed E-state index contributed by atoms with van der Waals surface area (Å²) < 4.78 is 14.1. The van der Waals surface area contributed by atoms with Crippen LogP contribution in [0.15, 0.2) is 18.2 Å². The summed E-state index contributed by atoms with van der Waals surface area (Å²) in [5, 5.41) is 10.7. The molecule has 1 aromatic rings. The molecule has 0 bridgehead atoms. The van der Waals surface area contributed by atoms with Crippen LogP contribution in [-0.2, 0) is 5.41 Å². The first-order chi connectivity index (χ1) is 8.10. The lowest BCUT2D eigenvalue weighted by Gasteiger charge is -2.27. The van der Waals surface area contributed by atoms with E-state index in [-0.39, 0.29) is 0 Å². The smallest absolute Gasteiger partial charge is 0.305 e. The van der Waals surface area contributed by atoms with Crippen LogP contribution in [-0.4, -0.2) is 11.5 Å². The molecule has 1 aliphatic rings. The summed E-state index contributed by atoms with van der Waals surface area (Å²) >= 11 is 0. The van der Waals surface area contributed by atoms with Crippen molar-refractivity contribution in [2.75, 3.05) is 6.54 Å². The second-order valence-corrected chi connectivity index (χ2v) is 4.59. The molecule has 17 heavy (non-hydrogen) atoms. The van der Waals surface area contributed by atoms with Gasteiger partial charge >= 0.3 is 5.69 Å². The van der Waals surface area contributed by atoms with Gasteiger partial charge in [0.25, 0.3) is 0 Å². The molecule has 4 nitrogen and oxygen atoms in total. The van der Waals surface area contributed by atoms with E-state index in [2.05, 4.69) is 0 Å². The lowest BCUT2D eigenvalue weighted by atomic mass is 9.78. The number of halogens is 1. The van der Waals surface area contributed by atoms with Crippen molar-refractivity contribution in [1.29, 1.82) is 0 Å². The van der Waals surface area contributed by atoms with Crippen molar-refractivity contribution >= 4 is 5.69 Å². The molecule has 1 aromatic carbocycles. The minimum atomic E-state index is -0.718. The fourth-order valence-corrected chi connectivity index (χ4v) is 2.71. The van der Waals surface area contributed by atoms with Gasteiger partial charge in [0.1, 0.15) is 0 Å². The number of nitro benzene ring substituents is 1. The van der Waals surface area contributed by atoms with Crippen LogP contribution in [0, 0.1) is 15.9 Å². The number of hydrogen-bond acceptors (Lipinski definition) is 3. The minimum absolute atomic E-state index is 0.338. The highest BCUT2D eigenvalue weighted by atomic mass is 19.1.